The fourth-order valence-electron chi connectivity index (χ4n) is 0.359. The van der Waals surface area contributed by atoms with Gasteiger partial charge in [-0.1, -0.05) is 0 Å². The molecule has 0 bridgehead atoms. The van der Waals surface area contributed by atoms with Crippen molar-refractivity contribution in [1.29, 1.82) is 5.26 Å². The van der Waals surface area contributed by atoms with Crippen LogP contribution in [0.5, 0.6) is 0 Å². The highest BCUT2D eigenvalue weighted by molar-refractivity contribution is 5.08. The van der Waals surface area contributed by atoms with Gasteiger partial charge in [0.05, 0.1) is 6.20 Å². The molecule has 0 aromatic carbocycles. The first-order valence-corrected chi connectivity index (χ1v) is 2.01. The van der Waals surface area contributed by atoms with Crippen LogP contribution in [0.2, 0.25) is 0 Å². The van der Waals surface area contributed by atoms with Gasteiger partial charge in [-0.2, -0.15) is 5.26 Å². The van der Waals surface area contributed by atoms with E-state index in [0.29, 0.717) is 5.76 Å². The number of hydrogen-bond donors (Lipinski definition) is 0. The van der Waals surface area contributed by atoms with Crippen LogP contribution in [0.15, 0.2) is 10.6 Å². The van der Waals surface area contributed by atoms with Crippen LogP contribution >= 0.6 is 0 Å². The molecule has 8 heavy (non-hydrogen) atoms. The standard InChI is InChI=1S/C5H3N2O/c1-4-3-7-5(2-6)8-4/h3H,1H2. The summed E-state index contributed by atoms with van der Waals surface area (Å²) in [6.07, 6.45) is 1.40. The van der Waals surface area contributed by atoms with Crippen molar-refractivity contribution >= 4 is 0 Å². The molecule has 0 N–H and O–H groups in total. The number of hydrogen-bond acceptors (Lipinski definition) is 3. The third kappa shape index (κ3) is 0.684. The summed E-state index contributed by atoms with van der Waals surface area (Å²) in [6, 6.07) is 1.73. The Bertz CT molecular complexity index is 221. The summed E-state index contributed by atoms with van der Waals surface area (Å²) < 4.78 is 4.65. The normalized spacial score (nSPS) is 8.50. The van der Waals surface area contributed by atoms with Gasteiger partial charge in [0.1, 0.15) is 5.76 Å². The van der Waals surface area contributed by atoms with E-state index in [1.807, 2.05) is 0 Å². The predicted octanol–water partition coefficient (Wildman–Crippen LogP) is 0.728. The minimum absolute atomic E-state index is 0.0648. The first-order chi connectivity index (χ1) is 3.83. The van der Waals surface area contributed by atoms with Crippen molar-refractivity contribution in [2.45, 2.75) is 0 Å². The lowest BCUT2D eigenvalue weighted by atomic mass is 10.6. The van der Waals surface area contributed by atoms with Crippen LogP contribution in [0.4, 0.5) is 0 Å². The van der Waals surface area contributed by atoms with E-state index < -0.39 is 0 Å². The van der Waals surface area contributed by atoms with Crippen LogP contribution in [0.1, 0.15) is 11.7 Å². The fourth-order valence-corrected chi connectivity index (χ4v) is 0.359. The third-order valence-corrected chi connectivity index (χ3v) is 0.649. The van der Waals surface area contributed by atoms with Crippen molar-refractivity contribution in [3.05, 3.63) is 24.8 Å². The smallest absolute Gasteiger partial charge is 0.300 e. The largest absolute Gasteiger partial charge is 0.434 e. The van der Waals surface area contributed by atoms with E-state index >= 15 is 0 Å². The summed E-state index contributed by atoms with van der Waals surface area (Å²) in [5, 5.41) is 8.12. The molecule has 0 aliphatic rings. The molecule has 0 saturated carbocycles. The Hall–Kier alpha value is -1.30. The average molecular weight is 107 g/mol. The van der Waals surface area contributed by atoms with Crippen LogP contribution in [-0.2, 0) is 0 Å². The molecule has 1 rings (SSSR count). The lowest BCUT2D eigenvalue weighted by Crippen LogP contribution is -1.64. The molecule has 0 fully saturated rings. The molecule has 1 heterocycles. The topological polar surface area (TPSA) is 49.8 Å². The second-order valence-corrected chi connectivity index (χ2v) is 1.24. The molecular weight excluding hydrogens is 104 g/mol. The van der Waals surface area contributed by atoms with Crippen molar-refractivity contribution in [2.75, 3.05) is 0 Å². The molecule has 3 heteroatoms. The van der Waals surface area contributed by atoms with Gasteiger partial charge < -0.3 is 4.42 Å². The Morgan fingerprint density at radius 1 is 1.88 bits per heavy atom. The Labute approximate surface area is 46.6 Å². The maximum absolute atomic E-state index is 8.12. The summed E-state index contributed by atoms with van der Waals surface area (Å²) >= 11 is 0. The Balaban J connectivity index is 3.05. The SMILES string of the molecule is [CH2]c1cnc(C#N)o1. The number of aromatic nitrogens is 1. The highest BCUT2D eigenvalue weighted by Gasteiger charge is 1.93. The van der Waals surface area contributed by atoms with Gasteiger partial charge in [0.2, 0.25) is 0 Å². The van der Waals surface area contributed by atoms with Gasteiger partial charge in [0, 0.05) is 6.92 Å². The van der Waals surface area contributed by atoms with Gasteiger partial charge in [-0.05, 0) is 0 Å². The van der Waals surface area contributed by atoms with E-state index in [1.165, 1.54) is 6.20 Å². The maximum Gasteiger partial charge on any atom is 0.300 e. The molecule has 0 aliphatic heterocycles. The molecule has 1 aromatic heterocycles. The highest BCUT2D eigenvalue weighted by Crippen LogP contribution is 1.97. The number of nitrogens with zero attached hydrogens (tertiary/aromatic N) is 2. The molecule has 0 saturated heterocycles. The molecule has 0 unspecified atom stereocenters. The number of rotatable bonds is 0. The van der Waals surface area contributed by atoms with E-state index in [1.54, 1.807) is 6.07 Å². The molecule has 0 amide bonds. The zero-order chi connectivity index (χ0) is 5.98. The van der Waals surface area contributed by atoms with Gasteiger partial charge in [-0.3, -0.25) is 0 Å². The lowest BCUT2D eigenvalue weighted by Gasteiger charge is -1.70. The third-order valence-electron chi connectivity index (χ3n) is 0.649. The second-order valence-electron chi connectivity index (χ2n) is 1.24. The van der Waals surface area contributed by atoms with E-state index in [2.05, 4.69) is 16.3 Å². The highest BCUT2D eigenvalue weighted by atomic mass is 16.3. The van der Waals surface area contributed by atoms with Crippen LogP contribution in [0, 0.1) is 18.3 Å². The van der Waals surface area contributed by atoms with Gasteiger partial charge in [0.15, 0.2) is 6.07 Å². The van der Waals surface area contributed by atoms with Gasteiger partial charge in [0.25, 0.3) is 0 Å². The van der Waals surface area contributed by atoms with Crippen molar-refractivity contribution in [3.8, 4) is 6.07 Å². The minimum Gasteiger partial charge on any atom is -0.434 e. The molecule has 39 valence electrons. The lowest BCUT2D eigenvalue weighted by molar-refractivity contribution is 0.525. The van der Waals surface area contributed by atoms with Crippen LogP contribution in [0.25, 0.3) is 0 Å². The molecular formula is C5H3N2O. The van der Waals surface area contributed by atoms with Crippen molar-refractivity contribution in [2.24, 2.45) is 0 Å². The van der Waals surface area contributed by atoms with E-state index in [0.717, 1.165) is 0 Å². The molecule has 1 radical (unpaired) electrons. The quantitative estimate of drug-likeness (QED) is 0.491. The summed E-state index contributed by atoms with van der Waals surface area (Å²) in [4.78, 5) is 3.54. The minimum atomic E-state index is 0.0648. The van der Waals surface area contributed by atoms with Crippen LogP contribution in [-0.4, -0.2) is 4.98 Å². The second kappa shape index (κ2) is 1.66. The van der Waals surface area contributed by atoms with E-state index in [4.69, 9.17) is 5.26 Å². The summed E-state index contributed by atoms with van der Waals surface area (Å²) in [7, 11) is 0. The maximum atomic E-state index is 8.12. The molecule has 0 aliphatic carbocycles. The van der Waals surface area contributed by atoms with Gasteiger partial charge in [-0.25, -0.2) is 4.98 Å². The van der Waals surface area contributed by atoms with E-state index in [9.17, 15) is 0 Å². The molecule has 1 aromatic rings. The zero-order valence-electron chi connectivity index (χ0n) is 4.09. The van der Waals surface area contributed by atoms with Crippen molar-refractivity contribution < 1.29 is 4.42 Å². The van der Waals surface area contributed by atoms with Crippen LogP contribution < -0.4 is 0 Å². The first-order valence-electron chi connectivity index (χ1n) is 2.01. The van der Waals surface area contributed by atoms with Gasteiger partial charge in [-0.15, -0.1) is 0 Å². The molecule has 0 atom stereocenters. The fraction of sp³-hybridized carbons (Fsp3) is 0. The van der Waals surface area contributed by atoms with Gasteiger partial charge >= 0.3 is 5.89 Å². The van der Waals surface area contributed by atoms with E-state index in [-0.39, 0.29) is 5.89 Å². The summed E-state index contributed by atoms with van der Waals surface area (Å²) in [5.41, 5.74) is 0. The number of nitriles is 1. The Kier molecular flexibility index (Phi) is 1.01. The zero-order valence-corrected chi connectivity index (χ0v) is 4.09. The first kappa shape index (κ1) is 4.85. The van der Waals surface area contributed by atoms with Crippen molar-refractivity contribution in [3.63, 3.8) is 0 Å². The van der Waals surface area contributed by atoms with Crippen molar-refractivity contribution in [1.82, 2.24) is 4.98 Å². The van der Waals surface area contributed by atoms with Crippen LogP contribution in [0.3, 0.4) is 0 Å². The molecule has 0 spiro atoms. The predicted molar refractivity (Wildman–Crippen MR) is 25.7 cm³/mol. The number of oxazole rings is 1. The Morgan fingerprint density at radius 3 is 2.88 bits per heavy atom. The monoisotopic (exact) mass is 107 g/mol. The average Bonchev–Trinajstić information content (AvgIpc) is 2.14. The summed E-state index contributed by atoms with van der Waals surface area (Å²) in [6.45, 7) is 3.41. The Morgan fingerprint density at radius 2 is 2.62 bits per heavy atom. The molecule has 3 nitrogen and oxygen atoms in total. The summed E-state index contributed by atoms with van der Waals surface area (Å²) in [5.74, 6) is 0.483.